The standard InChI is InChI=1S/C12H19N5O3/c1-3-17(2)9(18)7-14-11(19)10-15-12(20-16-10)8-5-4-6-13-8/h8,13H,3-7H2,1-2H3,(H,14,19). The van der Waals surface area contributed by atoms with Gasteiger partial charge in [0.2, 0.25) is 11.8 Å². The highest BCUT2D eigenvalue weighted by atomic mass is 16.5. The van der Waals surface area contributed by atoms with Gasteiger partial charge < -0.3 is 20.1 Å². The zero-order valence-corrected chi connectivity index (χ0v) is 11.7. The Kier molecular flexibility index (Phi) is 4.67. The van der Waals surface area contributed by atoms with Gasteiger partial charge in [0.25, 0.3) is 11.7 Å². The van der Waals surface area contributed by atoms with Crippen molar-refractivity contribution in [2.45, 2.75) is 25.8 Å². The molecule has 1 atom stereocenters. The maximum atomic E-state index is 11.8. The summed E-state index contributed by atoms with van der Waals surface area (Å²) in [5, 5.41) is 9.33. The molecule has 1 unspecified atom stereocenters. The van der Waals surface area contributed by atoms with E-state index in [0.29, 0.717) is 12.4 Å². The second kappa shape index (κ2) is 6.47. The van der Waals surface area contributed by atoms with Gasteiger partial charge >= 0.3 is 0 Å². The van der Waals surface area contributed by atoms with Crippen LogP contribution in [0.25, 0.3) is 0 Å². The minimum atomic E-state index is -0.504. The lowest BCUT2D eigenvalue weighted by molar-refractivity contribution is -0.128. The summed E-state index contributed by atoms with van der Waals surface area (Å²) in [5.74, 6) is -0.289. The van der Waals surface area contributed by atoms with Crippen molar-refractivity contribution in [1.82, 2.24) is 25.7 Å². The van der Waals surface area contributed by atoms with E-state index in [4.69, 9.17) is 4.52 Å². The summed E-state index contributed by atoms with van der Waals surface area (Å²) in [6.45, 7) is 3.29. The molecule has 1 fully saturated rings. The van der Waals surface area contributed by atoms with Crippen LogP contribution in [0.1, 0.15) is 42.3 Å². The van der Waals surface area contributed by atoms with Gasteiger partial charge in [0, 0.05) is 13.6 Å². The third-order valence-corrected chi connectivity index (χ3v) is 3.30. The predicted octanol–water partition coefficient (Wildman–Crippen LogP) is -0.298. The van der Waals surface area contributed by atoms with E-state index in [1.165, 1.54) is 4.90 Å². The van der Waals surface area contributed by atoms with Crippen LogP contribution >= 0.6 is 0 Å². The molecular weight excluding hydrogens is 262 g/mol. The fourth-order valence-corrected chi connectivity index (χ4v) is 1.91. The second-order valence-corrected chi connectivity index (χ2v) is 4.70. The molecule has 2 N–H and O–H groups in total. The van der Waals surface area contributed by atoms with Crippen molar-refractivity contribution in [2.24, 2.45) is 0 Å². The Labute approximate surface area is 116 Å². The van der Waals surface area contributed by atoms with Gasteiger partial charge in [0.15, 0.2) is 0 Å². The van der Waals surface area contributed by atoms with Crippen molar-refractivity contribution in [3.05, 3.63) is 11.7 Å². The third kappa shape index (κ3) is 3.32. The van der Waals surface area contributed by atoms with Gasteiger partial charge in [-0.2, -0.15) is 4.98 Å². The van der Waals surface area contributed by atoms with Crippen LogP contribution in [0.5, 0.6) is 0 Å². The summed E-state index contributed by atoms with van der Waals surface area (Å²) in [5.41, 5.74) is 0. The summed E-state index contributed by atoms with van der Waals surface area (Å²) >= 11 is 0. The Morgan fingerprint density at radius 2 is 2.35 bits per heavy atom. The number of rotatable bonds is 5. The molecule has 110 valence electrons. The molecule has 0 aromatic carbocycles. The summed E-state index contributed by atoms with van der Waals surface area (Å²) in [4.78, 5) is 28.9. The lowest BCUT2D eigenvalue weighted by Gasteiger charge is -2.13. The molecule has 8 heteroatoms. The lowest BCUT2D eigenvalue weighted by Crippen LogP contribution is -2.38. The topological polar surface area (TPSA) is 100 Å². The van der Waals surface area contributed by atoms with Crippen molar-refractivity contribution in [3.8, 4) is 0 Å². The van der Waals surface area contributed by atoms with Crippen molar-refractivity contribution in [1.29, 1.82) is 0 Å². The highest BCUT2D eigenvalue weighted by molar-refractivity contribution is 5.93. The van der Waals surface area contributed by atoms with E-state index in [9.17, 15) is 9.59 Å². The van der Waals surface area contributed by atoms with Gasteiger partial charge in [0.05, 0.1) is 12.6 Å². The predicted molar refractivity (Wildman–Crippen MR) is 69.9 cm³/mol. The van der Waals surface area contributed by atoms with E-state index < -0.39 is 5.91 Å². The Balaban J connectivity index is 1.88. The Morgan fingerprint density at radius 1 is 1.55 bits per heavy atom. The molecule has 0 bridgehead atoms. The van der Waals surface area contributed by atoms with Crippen LogP contribution in [0.2, 0.25) is 0 Å². The SMILES string of the molecule is CCN(C)C(=O)CNC(=O)c1noc(C2CCCN2)n1. The molecular formula is C12H19N5O3. The zero-order valence-electron chi connectivity index (χ0n) is 11.7. The van der Waals surface area contributed by atoms with E-state index in [-0.39, 0.29) is 24.3 Å². The Bertz CT molecular complexity index is 481. The second-order valence-electron chi connectivity index (χ2n) is 4.70. The summed E-state index contributed by atoms with van der Waals surface area (Å²) in [6.07, 6.45) is 1.97. The molecule has 1 aliphatic heterocycles. The number of amides is 2. The summed E-state index contributed by atoms with van der Waals surface area (Å²) < 4.78 is 5.07. The average Bonchev–Trinajstić information content (AvgIpc) is 3.12. The average molecular weight is 281 g/mol. The quantitative estimate of drug-likeness (QED) is 0.768. The van der Waals surface area contributed by atoms with Gasteiger partial charge in [-0.15, -0.1) is 0 Å². The summed E-state index contributed by atoms with van der Waals surface area (Å²) in [7, 11) is 1.67. The smallest absolute Gasteiger partial charge is 0.293 e. The highest BCUT2D eigenvalue weighted by Gasteiger charge is 2.24. The first-order valence-corrected chi connectivity index (χ1v) is 6.71. The van der Waals surface area contributed by atoms with Crippen LogP contribution in [0, 0.1) is 0 Å². The number of carbonyl (C=O) groups is 2. The fourth-order valence-electron chi connectivity index (χ4n) is 1.91. The number of likely N-dealkylation sites (N-methyl/N-ethyl adjacent to an activating group) is 1. The highest BCUT2D eigenvalue weighted by Crippen LogP contribution is 2.20. The van der Waals surface area contributed by atoms with Crippen LogP contribution in [0.4, 0.5) is 0 Å². The van der Waals surface area contributed by atoms with Gasteiger partial charge in [0.1, 0.15) is 0 Å². The van der Waals surface area contributed by atoms with E-state index in [1.807, 2.05) is 6.92 Å². The molecule has 1 saturated heterocycles. The van der Waals surface area contributed by atoms with Crippen LogP contribution in [0.3, 0.4) is 0 Å². The normalized spacial score (nSPS) is 18.0. The van der Waals surface area contributed by atoms with Crippen molar-refractivity contribution >= 4 is 11.8 Å². The minimum absolute atomic E-state index is 0.0249. The van der Waals surface area contributed by atoms with Crippen LogP contribution in [-0.2, 0) is 4.79 Å². The molecule has 0 spiro atoms. The summed E-state index contributed by atoms with van der Waals surface area (Å²) in [6, 6.07) is 0.0249. The zero-order chi connectivity index (χ0) is 14.5. The number of hydrogen-bond acceptors (Lipinski definition) is 6. The molecule has 2 amide bonds. The molecule has 1 aliphatic rings. The number of hydrogen-bond donors (Lipinski definition) is 2. The molecule has 1 aromatic heterocycles. The monoisotopic (exact) mass is 281 g/mol. The van der Waals surface area contributed by atoms with Crippen molar-refractivity contribution in [3.63, 3.8) is 0 Å². The van der Waals surface area contributed by atoms with E-state index in [2.05, 4.69) is 20.8 Å². The van der Waals surface area contributed by atoms with Crippen LogP contribution in [0.15, 0.2) is 4.52 Å². The molecule has 0 radical (unpaired) electrons. The van der Waals surface area contributed by atoms with E-state index in [0.717, 1.165) is 19.4 Å². The molecule has 20 heavy (non-hydrogen) atoms. The largest absolute Gasteiger partial charge is 0.345 e. The number of nitrogens with one attached hydrogen (secondary N) is 2. The molecule has 0 aliphatic carbocycles. The molecule has 2 rings (SSSR count). The van der Waals surface area contributed by atoms with Gasteiger partial charge in [-0.1, -0.05) is 5.16 Å². The number of aromatic nitrogens is 2. The molecule has 1 aromatic rings. The molecule has 8 nitrogen and oxygen atoms in total. The van der Waals surface area contributed by atoms with Gasteiger partial charge in [-0.05, 0) is 26.3 Å². The molecule has 0 saturated carbocycles. The van der Waals surface area contributed by atoms with Crippen molar-refractivity contribution < 1.29 is 14.1 Å². The van der Waals surface area contributed by atoms with Gasteiger partial charge in [-0.25, -0.2) is 0 Å². The maximum Gasteiger partial charge on any atom is 0.293 e. The molecule has 2 heterocycles. The van der Waals surface area contributed by atoms with E-state index >= 15 is 0 Å². The van der Waals surface area contributed by atoms with Gasteiger partial charge in [-0.3, -0.25) is 9.59 Å². The first-order valence-electron chi connectivity index (χ1n) is 6.71. The first-order chi connectivity index (χ1) is 9.61. The minimum Gasteiger partial charge on any atom is -0.345 e. The van der Waals surface area contributed by atoms with Crippen LogP contribution < -0.4 is 10.6 Å². The lowest BCUT2D eigenvalue weighted by atomic mass is 10.2. The van der Waals surface area contributed by atoms with Crippen LogP contribution in [-0.4, -0.2) is 53.5 Å². The van der Waals surface area contributed by atoms with Crippen molar-refractivity contribution in [2.75, 3.05) is 26.7 Å². The Hall–Kier alpha value is -1.96. The van der Waals surface area contributed by atoms with E-state index in [1.54, 1.807) is 7.05 Å². The fraction of sp³-hybridized carbons (Fsp3) is 0.667. The number of nitrogens with zero attached hydrogens (tertiary/aromatic N) is 3. The number of carbonyl (C=O) groups excluding carboxylic acids is 2. The Morgan fingerprint density at radius 3 is 3.00 bits per heavy atom. The third-order valence-electron chi connectivity index (χ3n) is 3.30. The maximum absolute atomic E-state index is 11.8. The first kappa shape index (κ1) is 14.4.